The molecule has 1 atom stereocenters. The predicted molar refractivity (Wildman–Crippen MR) is 118 cm³/mol. The molecule has 2 aliphatic rings. The fourth-order valence-electron chi connectivity index (χ4n) is 4.41. The molecule has 1 unspecified atom stereocenters. The lowest BCUT2D eigenvalue weighted by atomic mass is 9.62. The number of carbonyl (C=O) groups is 2. The summed E-state index contributed by atoms with van der Waals surface area (Å²) in [5.41, 5.74) is -0.698. The molecule has 1 saturated carbocycles. The van der Waals surface area contributed by atoms with Gasteiger partial charge in [-0.05, 0) is 68.5 Å². The second kappa shape index (κ2) is 7.85. The average molecular weight is 479 g/mol. The van der Waals surface area contributed by atoms with Gasteiger partial charge in [0.05, 0.1) is 5.41 Å². The highest BCUT2D eigenvalue weighted by atomic mass is 35.5. The molecule has 1 aliphatic carbocycles. The van der Waals surface area contributed by atoms with Crippen LogP contribution in [-0.2, 0) is 25.0 Å². The van der Waals surface area contributed by atoms with Gasteiger partial charge in [-0.15, -0.1) is 0 Å². The molecule has 0 aromatic heterocycles. The van der Waals surface area contributed by atoms with E-state index in [2.05, 4.69) is 0 Å². The van der Waals surface area contributed by atoms with Crippen molar-refractivity contribution in [2.24, 2.45) is 0 Å². The number of benzene rings is 2. The Kier molecular flexibility index (Phi) is 5.57. The number of hydrogen-bond acceptors (Lipinski definition) is 4. The highest BCUT2D eigenvalue weighted by Crippen LogP contribution is 2.48. The minimum Gasteiger partial charge on any atom is -0.327 e. The van der Waals surface area contributed by atoms with Crippen LogP contribution >= 0.6 is 11.6 Å². The van der Waals surface area contributed by atoms with Crippen LogP contribution in [0.25, 0.3) is 0 Å². The van der Waals surface area contributed by atoms with Crippen molar-refractivity contribution >= 4 is 33.4 Å². The third kappa shape index (κ3) is 3.59. The molecule has 0 bridgehead atoms. The van der Waals surface area contributed by atoms with E-state index in [0.29, 0.717) is 36.4 Å². The Hall–Kier alpha value is -2.45. The molecule has 0 radical (unpaired) electrons. The van der Waals surface area contributed by atoms with Crippen LogP contribution in [0.1, 0.15) is 43.7 Å². The molecule has 1 heterocycles. The van der Waals surface area contributed by atoms with Crippen molar-refractivity contribution in [3.63, 3.8) is 0 Å². The van der Waals surface area contributed by atoms with Crippen molar-refractivity contribution in [3.05, 3.63) is 64.4 Å². The van der Waals surface area contributed by atoms with E-state index in [1.807, 2.05) is 16.9 Å². The van der Waals surface area contributed by atoms with Crippen molar-refractivity contribution in [2.45, 2.75) is 55.4 Å². The molecule has 0 spiro atoms. The maximum Gasteiger partial charge on any atom is 0.267 e. The van der Waals surface area contributed by atoms with Gasteiger partial charge in [0.2, 0.25) is 5.91 Å². The van der Waals surface area contributed by atoms with Crippen molar-refractivity contribution in [3.8, 4) is 0 Å². The average Bonchev–Trinajstić information content (AvgIpc) is 2.68. The number of hydrogen-bond donors (Lipinski definition) is 1. The van der Waals surface area contributed by atoms with Crippen molar-refractivity contribution in [1.29, 1.82) is 0 Å². The number of nitrogens with one attached hydrogen (secondary N) is 1. The standard InChI is InChI=1S/C23H24ClFN2O4S/c1-15-4-9-18(25)19(14-15)32(30,31)26-20(28)22(2)12-13-27(22)21(29)23(10-3-11-23)16-5-7-17(24)8-6-16/h4-9,14H,3,10-13H2,1-2H3,(H,26,28). The first-order valence-electron chi connectivity index (χ1n) is 10.4. The van der Waals surface area contributed by atoms with Crippen LogP contribution in [-0.4, -0.2) is 37.2 Å². The molecule has 170 valence electrons. The summed E-state index contributed by atoms with van der Waals surface area (Å²) in [6, 6.07) is 10.8. The number of amides is 2. The van der Waals surface area contributed by atoms with Crippen LogP contribution in [0.2, 0.25) is 5.02 Å². The second-order valence-electron chi connectivity index (χ2n) is 8.79. The summed E-state index contributed by atoms with van der Waals surface area (Å²) in [5, 5.41) is 0.567. The summed E-state index contributed by atoms with van der Waals surface area (Å²) >= 11 is 5.99. The maximum atomic E-state index is 14.1. The molecule has 6 nitrogen and oxygen atoms in total. The Bertz CT molecular complexity index is 1190. The van der Waals surface area contributed by atoms with Gasteiger partial charge in [0, 0.05) is 11.6 Å². The molecule has 1 saturated heterocycles. The number of rotatable bonds is 5. The second-order valence-corrected chi connectivity index (χ2v) is 10.9. The summed E-state index contributed by atoms with van der Waals surface area (Å²) in [6.45, 7) is 3.51. The molecule has 1 aliphatic heterocycles. The summed E-state index contributed by atoms with van der Waals surface area (Å²) in [4.78, 5) is 27.5. The molecule has 9 heteroatoms. The SMILES string of the molecule is Cc1ccc(F)c(S(=O)(=O)NC(=O)C2(C)CCN2C(=O)C2(c3ccc(Cl)cc3)CCC2)c1. The maximum absolute atomic E-state index is 14.1. The van der Waals surface area contributed by atoms with Gasteiger partial charge < -0.3 is 4.90 Å². The van der Waals surface area contributed by atoms with E-state index in [1.54, 1.807) is 26.0 Å². The third-order valence-electron chi connectivity index (χ3n) is 6.77. The lowest BCUT2D eigenvalue weighted by Gasteiger charge is -2.54. The Morgan fingerprint density at radius 3 is 2.28 bits per heavy atom. The quantitative estimate of drug-likeness (QED) is 0.710. The Labute approximate surface area is 191 Å². The van der Waals surface area contributed by atoms with Crippen LogP contribution in [0, 0.1) is 12.7 Å². The Morgan fingerprint density at radius 1 is 1.09 bits per heavy atom. The van der Waals surface area contributed by atoms with E-state index >= 15 is 0 Å². The van der Waals surface area contributed by atoms with E-state index in [-0.39, 0.29) is 5.91 Å². The van der Waals surface area contributed by atoms with E-state index in [4.69, 9.17) is 11.6 Å². The molecular weight excluding hydrogens is 455 g/mol. The van der Waals surface area contributed by atoms with Gasteiger partial charge >= 0.3 is 0 Å². The van der Waals surface area contributed by atoms with Crippen LogP contribution in [0.5, 0.6) is 0 Å². The first kappa shape index (κ1) is 22.7. The lowest BCUT2D eigenvalue weighted by Crippen LogP contribution is -2.71. The highest BCUT2D eigenvalue weighted by molar-refractivity contribution is 7.90. The zero-order valence-corrected chi connectivity index (χ0v) is 19.4. The number of nitrogens with zero attached hydrogens (tertiary/aromatic N) is 1. The topological polar surface area (TPSA) is 83.6 Å². The van der Waals surface area contributed by atoms with Gasteiger partial charge in [-0.1, -0.05) is 36.2 Å². The molecule has 2 fully saturated rings. The Morgan fingerprint density at radius 2 is 1.75 bits per heavy atom. The van der Waals surface area contributed by atoms with Gasteiger partial charge in [-0.3, -0.25) is 9.59 Å². The highest BCUT2D eigenvalue weighted by Gasteiger charge is 2.57. The van der Waals surface area contributed by atoms with Gasteiger partial charge in [0.15, 0.2) is 0 Å². The molecule has 4 rings (SSSR count). The number of carbonyl (C=O) groups excluding carboxylic acids is 2. The number of halogens is 2. The summed E-state index contributed by atoms with van der Waals surface area (Å²) < 4.78 is 41.5. The summed E-state index contributed by atoms with van der Waals surface area (Å²) in [7, 11) is -4.43. The largest absolute Gasteiger partial charge is 0.327 e. The molecular formula is C23H24ClFN2O4S. The number of aryl methyl sites for hydroxylation is 1. The summed E-state index contributed by atoms with van der Waals surface area (Å²) in [6.07, 6.45) is 2.49. The van der Waals surface area contributed by atoms with Gasteiger partial charge in [-0.25, -0.2) is 17.5 Å². The van der Waals surface area contributed by atoms with Crippen molar-refractivity contribution in [2.75, 3.05) is 6.54 Å². The minimum atomic E-state index is -4.43. The van der Waals surface area contributed by atoms with Crippen LogP contribution < -0.4 is 4.72 Å². The van der Waals surface area contributed by atoms with Gasteiger partial charge in [0.25, 0.3) is 15.9 Å². The molecule has 2 amide bonds. The molecule has 2 aromatic carbocycles. The summed E-state index contributed by atoms with van der Waals surface area (Å²) in [5.74, 6) is -1.99. The zero-order chi connectivity index (χ0) is 23.3. The Balaban J connectivity index is 1.58. The fourth-order valence-corrected chi connectivity index (χ4v) is 5.77. The molecule has 1 N–H and O–H groups in total. The van der Waals surface area contributed by atoms with Gasteiger partial charge in [-0.2, -0.15) is 0 Å². The minimum absolute atomic E-state index is 0.200. The van der Waals surface area contributed by atoms with Crippen LogP contribution in [0.15, 0.2) is 47.4 Å². The van der Waals surface area contributed by atoms with Gasteiger partial charge in [0.1, 0.15) is 16.3 Å². The normalized spacial score (nSPS) is 21.9. The smallest absolute Gasteiger partial charge is 0.267 e. The molecule has 2 aromatic rings. The van der Waals surface area contributed by atoms with Crippen molar-refractivity contribution < 1.29 is 22.4 Å². The fraction of sp³-hybridized carbons (Fsp3) is 0.391. The van der Waals surface area contributed by atoms with E-state index in [1.165, 1.54) is 17.0 Å². The van der Waals surface area contributed by atoms with Crippen LogP contribution in [0.4, 0.5) is 4.39 Å². The number of likely N-dealkylation sites (tertiary alicyclic amines) is 1. The van der Waals surface area contributed by atoms with Crippen LogP contribution in [0.3, 0.4) is 0 Å². The third-order valence-corrected chi connectivity index (χ3v) is 8.37. The lowest BCUT2D eigenvalue weighted by molar-refractivity contribution is -0.163. The van der Waals surface area contributed by atoms with E-state index < -0.39 is 37.6 Å². The molecule has 32 heavy (non-hydrogen) atoms. The monoisotopic (exact) mass is 478 g/mol. The first-order valence-corrected chi connectivity index (χ1v) is 12.3. The number of sulfonamides is 1. The van der Waals surface area contributed by atoms with E-state index in [0.717, 1.165) is 18.1 Å². The first-order chi connectivity index (χ1) is 15.0. The van der Waals surface area contributed by atoms with E-state index in [9.17, 15) is 22.4 Å². The van der Waals surface area contributed by atoms with Crippen molar-refractivity contribution in [1.82, 2.24) is 9.62 Å². The predicted octanol–water partition coefficient (Wildman–Crippen LogP) is 3.71. The zero-order valence-electron chi connectivity index (χ0n) is 17.8.